The zero-order valence-corrected chi connectivity index (χ0v) is 17.0. The fourth-order valence-corrected chi connectivity index (χ4v) is 7.06. The van der Waals surface area contributed by atoms with Gasteiger partial charge < -0.3 is 4.57 Å². The maximum atomic E-state index is 14.5. The van der Waals surface area contributed by atoms with Crippen LogP contribution in [0.1, 0.15) is 22.4 Å². The van der Waals surface area contributed by atoms with Crippen LogP contribution in [-0.2, 0) is 4.57 Å². The van der Waals surface area contributed by atoms with Crippen LogP contribution in [0.15, 0.2) is 91.1 Å². The number of benzene rings is 3. The van der Waals surface area contributed by atoms with Crippen LogP contribution in [0.3, 0.4) is 0 Å². The molecule has 1 atom stereocenters. The Morgan fingerprint density at radius 3 is 1.89 bits per heavy atom. The number of nitrogens with zero attached hydrogens (tertiary/aromatic N) is 1. The summed E-state index contributed by atoms with van der Waals surface area (Å²) in [6, 6.07) is 26.2. The normalized spacial score (nSPS) is 12.8. The minimum atomic E-state index is -3.22. The highest BCUT2D eigenvalue weighted by Crippen LogP contribution is 2.60. The summed E-state index contributed by atoms with van der Waals surface area (Å²) in [4.78, 5) is 12.1. The number of rotatable bonds is 4. The molecule has 0 aliphatic heterocycles. The van der Waals surface area contributed by atoms with Crippen LogP contribution < -0.4 is 10.6 Å². The highest BCUT2D eigenvalue weighted by molar-refractivity contribution is 7.80. The summed E-state index contributed by atoms with van der Waals surface area (Å²) >= 11 is 6.99. The summed E-state index contributed by atoms with van der Waals surface area (Å²) in [5.41, 5.74) is 1.46. The Kier molecular flexibility index (Phi) is 4.97. The molecule has 0 fully saturated rings. The molecule has 4 rings (SSSR count). The van der Waals surface area contributed by atoms with Crippen molar-refractivity contribution in [3.63, 3.8) is 0 Å². The number of fused-ring (bicyclic) bond motifs is 1. The van der Waals surface area contributed by atoms with E-state index in [9.17, 15) is 9.36 Å². The number of alkyl halides is 1. The van der Waals surface area contributed by atoms with E-state index in [4.69, 9.17) is 11.6 Å². The van der Waals surface area contributed by atoms with E-state index in [0.717, 1.165) is 10.9 Å². The molecule has 0 saturated carbocycles. The number of hydrogen-bond donors (Lipinski definition) is 0. The summed E-state index contributed by atoms with van der Waals surface area (Å²) in [5, 5.41) is 1.43. The molecule has 5 heteroatoms. The number of para-hydroxylation sites is 1. The van der Waals surface area contributed by atoms with Crippen LogP contribution in [0.4, 0.5) is 0 Å². The molecule has 0 spiro atoms. The lowest BCUT2D eigenvalue weighted by atomic mass is 10.2. The first-order chi connectivity index (χ1) is 13.5. The number of halogens is 1. The van der Waals surface area contributed by atoms with Gasteiger partial charge in [0.2, 0.25) is 5.91 Å². The van der Waals surface area contributed by atoms with Gasteiger partial charge in [-0.2, -0.15) is 0 Å². The molecule has 0 aliphatic carbocycles. The Morgan fingerprint density at radius 1 is 0.857 bits per heavy atom. The van der Waals surface area contributed by atoms with E-state index < -0.39 is 12.3 Å². The topological polar surface area (TPSA) is 39.1 Å². The number of carbonyl (C=O) groups is 1. The van der Waals surface area contributed by atoms with Gasteiger partial charge in [0.1, 0.15) is 5.12 Å². The van der Waals surface area contributed by atoms with E-state index in [2.05, 4.69) is 0 Å². The van der Waals surface area contributed by atoms with E-state index in [1.54, 1.807) is 10.8 Å². The van der Waals surface area contributed by atoms with Crippen LogP contribution in [0, 0.1) is 0 Å². The second kappa shape index (κ2) is 7.43. The predicted octanol–water partition coefficient (Wildman–Crippen LogP) is 5.55. The van der Waals surface area contributed by atoms with Crippen molar-refractivity contribution in [2.45, 2.75) is 12.0 Å². The SMILES string of the molecule is CC(=O)n1cc(C(Cl)P(=O)(c2ccccc2)c2ccccc2)c2ccccc21. The average molecular weight is 408 g/mol. The van der Waals surface area contributed by atoms with Gasteiger partial charge in [0.05, 0.1) is 5.52 Å². The van der Waals surface area contributed by atoms with Crippen molar-refractivity contribution < 1.29 is 9.36 Å². The predicted molar refractivity (Wildman–Crippen MR) is 117 cm³/mol. The van der Waals surface area contributed by atoms with Crippen molar-refractivity contribution in [3.05, 3.63) is 96.7 Å². The van der Waals surface area contributed by atoms with Crippen molar-refractivity contribution in [2.24, 2.45) is 0 Å². The van der Waals surface area contributed by atoms with Gasteiger partial charge in [-0.3, -0.25) is 9.36 Å². The summed E-state index contributed by atoms with van der Waals surface area (Å²) < 4.78 is 16.1. The van der Waals surface area contributed by atoms with Crippen LogP contribution in [0.2, 0.25) is 0 Å². The van der Waals surface area contributed by atoms with Crippen LogP contribution in [-0.4, -0.2) is 10.5 Å². The monoisotopic (exact) mass is 407 g/mol. The molecule has 3 aromatic carbocycles. The molecule has 1 aromatic heterocycles. The lowest BCUT2D eigenvalue weighted by Crippen LogP contribution is -2.19. The van der Waals surface area contributed by atoms with Crippen molar-refractivity contribution in [2.75, 3.05) is 0 Å². The largest absolute Gasteiger partial charge is 0.312 e. The zero-order chi connectivity index (χ0) is 19.7. The highest BCUT2D eigenvalue weighted by atomic mass is 35.5. The highest BCUT2D eigenvalue weighted by Gasteiger charge is 2.38. The van der Waals surface area contributed by atoms with Crippen LogP contribution in [0.25, 0.3) is 10.9 Å². The van der Waals surface area contributed by atoms with Gasteiger partial charge in [-0.25, -0.2) is 0 Å². The smallest absolute Gasteiger partial charge is 0.227 e. The maximum Gasteiger partial charge on any atom is 0.227 e. The van der Waals surface area contributed by atoms with Gasteiger partial charge in [0.25, 0.3) is 0 Å². The van der Waals surface area contributed by atoms with Crippen LogP contribution >= 0.6 is 18.7 Å². The first-order valence-corrected chi connectivity index (χ1v) is 11.2. The Hall–Kier alpha value is -2.61. The van der Waals surface area contributed by atoms with Crippen LogP contribution in [0.5, 0.6) is 0 Å². The number of carbonyl (C=O) groups excluding carboxylic acids is 1. The molecule has 0 radical (unpaired) electrons. The Bertz CT molecular complexity index is 1140. The molecule has 0 aliphatic rings. The molecule has 4 aromatic rings. The van der Waals surface area contributed by atoms with E-state index in [1.165, 1.54) is 6.92 Å². The number of aromatic nitrogens is 1. The summed E-state index contributed by atoms with van der Waals surface area (Å²) in [6.07, 6.45) is 1.73. The minimum Gasteiger partial charge on any atom is -0.312 e. The van der Waals surface area contributed by atoms with E-state index in [0.29, 0.717) is 16.2 Å². The van der Waals surface area contributed by atoms with Gasteiger partial charge in [0.15, 0.2) is 7.14 Å². The first kappa shape index (κ1) is 18.7. The molecule has 3 nitrogen and oxygen atoms in total. The third-order valence-electron chi connectivity index (χ3n) is 4.94. The number of hydrogen-bond acceptors (Lipinski definition) is 2. The van der Waals surface area contributed by atoms with E-state index in [-0.39, 0.29) is 5.91 Å². The summed E-state index contributed by atoms with van der Waals surface area (Å²) in [5.74, 6) is -0.111. The zero-order valence-electron chi connectivity index (χ0n) is 15.3. The lowest BCUT2D eigenvalue weighted by molar-refractivity contribution is 0.0941. The Labute approximate surface area is 168 Å². The van der Waals surface area contributed by atoms with E-state index >= 15 is 0 Å². The van der Waals surface area contributed by atoms with Crippen molar-refractivity contribution >= 4 is 46.2 Å². The standard InChI is InChI=1S/C23H19ClNO2P/c1-17(26)25-16-21(20-14-8-9-15-22(20)25)23(24)28(27,18-10-4-2-5-11-18)19-12-6-3-7-13-19/h2-16,23H,1H3. The van der Waals surface area contributed by atoms with Gasteiger partial charge in [-0.1, -0.05) is 78.9 Å². The summed E-state index contributed by atoms with van der Waals surface area (Å²) in [6.45, 7) is 1.51. The average Bonchev–Trinajstić information content (AvgIpc) is 3.14. The summed E-state index contributed by atoms with van der Waals surface area (Å²) in [7, 11) is -3.22. The molecule has 1 unspecified atom stereocenters. The molecule has 0 bridgehead atoms. The quantitative estimate of drug-likeness (QED) is 0.328. The molecular weight excluding hydrogens is 389 g/mol. The second-order valence-electron chi connectivity index (χ2n) is 6.66. The molecule has 0 amide bonds. The van der Waals surface area contributed by atoms with Gasteiger partial charge in [-0.05, 0) is 6.07 Å². The minimum absolute atomic E-state index is 0.111. The maximum absolute atomic E-state index is 14.5. The van der Waals surface area contributed by atoms with Crippen molar-refractivity contribution in [1.82, 2.24) is 4.57 Å². The Balaban J connectivity index is 1.98. The van der Waals surface area contributed by atoms with Crippen molar-refractivity contribution in [1.29, 1.82) is 0 Å². The third kappa shape index (κ3) is 3.01. The third-order valence-corrected chi connectivity index (χ3v) is 9.04. The fraction of sp³-hybridized carbons (Fsp3) is 0.0870. The molecule has 0 N–H and O–H groups in total. The van der Waals surface area contributed by atoms with Gasteiger partial charge in [0, 0.05) is 34.7 Å². The lowest BCUT2D eigenvalue weighted by Gasteiger charge is -2.24. The molecule has 1 heterocycles. The molecule has 140 valence electrons. The van der Waals surface area contributed by atoms with Gasteiger partial charge >= 0.3 is 0 Å². The first-order valence-electron chi connectivity index (χ1n) is 8.99. The second-order valence-corrected chi connectivity index (χ2v) is 10.3. The van der Waals surface area contributed by atoms with E-state index in [1.807, 2.05) is 84.9 Å². The van der Waals surface area contributed by atoms with Gasteiger partial charge in [-0.15, -0.1) is 11.6 Å². The fourth-order valence-electron chi connectivity index (χ4n) is 3.56. The molecule has 28 heavy (non-hydrogen) atoms. The Morgan fingerprint density at radius 2 is 1.36 bits per heavy atom. The molecule has 0 saturated heterocycles. The molecular formula is C23H19ClNO2P. The van der Waals surface area contributed by atoms with Crippen molar-refractivity contribution in [3.8, 4) is 0 Å².